The second-order valence-corrected chi connectivity index (χ2v) is 6.36. The van der Waals surface area contributed by atoms with Crippen LogP contribution in [-0.2, 0) is 11.2 Å². The zero-order chi connectivity index (χ0) is 16.1. The normalized spacial score (nSPS) is 20.1. The van der Waals surface area contributed by atoms with Crippen LogP contribution in [-0.4, -0.2) is 41.1 Å². The molecule has 2 rings (SSSR count). The van der Waals surface area contributed by atoms with Crippen LogP contribution >= 0.6 is 0 Å². The lowest BCUT2D eigenvalue weighted by Gasteiger charge is -2.25. The smallest absolute Gasteiger partial charge is 0.238 e. The number of aryl methyl sites for hydroxylation is 2. The molecule has 1 heterocycles. The summed E-state index contributed by atoms with van der Waals surface area (Å²) in [5, 5.41) is 12.7. The van der Waals surface area contributed by atoms with Gasteiger partial charge in [0, 0.05) is 11.7 Å². The summed E-state index contributed by atoms with van der Waals surface area (Å²) in [6.07, 6.45) is 3.53. The minimum atomic E-state index is -0.309. The fourth-order valence-electron chi connectivity index (χ4n) is 3.33. The maximum atomic E-state index is 12.4. The third-order valence-corrected chi connectivity index (χ3v) is 4.46. The number of carbonyl (C=O) groups is 1. The second-order valence-electron chi connectivity index (χ2n) is 6.36. The van der Waals surface area contributed by atoms with Crippen LogP contribution in [0.25, 0.3) is 0 Å². The summed E-state index contributed by atoms with van der Waals surface area (Å²) in [6.45, 7) is 7.30. The highest BCUT2D eigenvalue weighted by Gasteiger charge is 2.27. The number of anilines is 1. The van der Waals surface area contributed by atoms with E-state index in [-0.39, 0.29) is 12.0 Å². The molecule has 1 aromatic rings. The number of para-hydroxylation sites is 1. The molecule has 0 spiro atoms. The molecule has 0 bridgehead atoms. The number of nitrogens with zero attached hydrogens (tertiary/aromatic N) is 1. The summed E-state index contributed by atoms with van der Waals surface area (Å²) in [5.74, 6) is 0.0430. The molecular weight excluding hydrogens is 276 g/mol. The topological polar surface area (TPSA) is 52.6 Å². The van der Waals surface area contributed by atoms with Crippen molar-refractivity contribution in [1.82, 2.24) is 4.90 Å². The number of carbonyl (C=O) groups excluding carboxylic acids is 1. The number of hydrogen-bond donors (Lipinski definition) is 2. The SMILES string of the molecule is CCc1cccc(C)c1NC(=O)CN1CCCC1CC(C)O. The van der Waals surface area contributed by atoms with Crippen LogP contribution in [0.4, 0.5) is 5.69 Å². The van der Waals surface area contributed by atoms with Gasteiger partial charge in [0.25, 0.3) is 0 Å². The van der Waals surface area contributed by atoms with Crippen molar-refractivity contribution in [2.75, 3.05) is 18.4 Å². The van der Waals surface area contributed by atoms with Gasteiger partial charge in [0.15, 0.2) is 0 Å². The number of amides is 1. The highest BCUT2D eigenvalue weighted by atomic mass is 16.3. The van der Waals surface area contributed by atoms with Gasteiger partial charge in [-0.3, -0.25) is 9.69 Å². The highest BCUT2D eigenvalue weighted by Crippen LogP contribution is 2.23. The van der Waals surface area contributed by atoms with Gasteiger partial charge < -0.3 is 10.4 Å². The number of aliphatic hydroxyl groups excluding tert-OH is 1. The first-order valence-corrected chi connectivity index (χ1v) is 8.31. The van der Waals surface area contributed by atoms with Crippen molar-refractivity contribution in [2.45, 2.75) is 58.6 Å². The van der Waals surface area contributed by atoms with Crippen LogP contribution in [0.5, 0.6) is 0 Å². The van der Waals surface area contributed by atoms with Crippen molar-refractivity contribution in [3.05, 3.63) is 29.3 Å². The fraction of sp³-hybridized carbons (Fsp3) is 0.611. The molecule has 1 fully saturated rings. The second kappa shape index (κ2) is 7.75. The first-order chi connectivity index (χ1) is 10.5. The molecule has 2 unspecified atom stereocenters. The maximum Gasteiger partial charge on any atom is 0.238 e. The number of hydrogen-bond acceptors (Lipinski definition) is 3. The average molecular weight is 304 g/mol. The maximum absolute atomic E-state index is 12.4. The van der Waals surface area contributed by atoms with Gasteiger partial charge >= 0.3 is 0 Å². The lowest BCUT2D eigenvalue weighted by Crippen LogP contribution is -2.38. The van der Waals surface area contributed by atoms with E-state index in [0.29, 0.717) is 12.6 Å². The van der Waals surface area contributed by atoms with E-state index in [1.165, 1.54) is 5.56 Å². The van der Waals surface area contributed by atoms with Crippen LogP contribution in [0.15, 0.2) is 18.2 Å². The summed E-state index contributed by atoms with van der Waals surface area (Å²) >= 11 is 0. The van der Waals surface area contributed by atoms with Crippen molar-refractivity contribution in [3.63, 3.8) is 0 Å². The first kappa shape index (κ1) is 17.0. The number of nitrogens with one attached hydrogen (secondary N) is 1. The van der Waals surface area contributed by atoms with E-state index >= 15 is 0 Å². The van der Waals surface area contributed by atoms with Crippen molar-refractivity contribution >= 4 is 11.6 Å². The largest absolute Gasteiger partial charge is 0.393 e. The monoisotopic (exact) mass is 304 g/mol. The predicted molar refractivity (Wildman–Crippen MR) is 90.1 cm³/mol. The Balaban J connectivity index is 1.98. The van der Waals surface area contributed by atoms with E-state index in [0.717, 1.165) is 43.5 Å². The van der Waals surface area contributed by atoms with Crippen molar-refractivity contribution in [2.24, 2.45) is 0 Å². The molecule has 0 aromatic heterocycles. The van der Waals surface area contributed by atoms with Gasteiger partial charge in [-0.05, 0) is 57.2 Å². The summed E-state index contributed by atoms with van der Waals surface area (Å²) in [7, 11) is 0. The standard InChI is InChI=1S/C18H28N2O2/c1-4-15-8-5-7-13(2)18(15)19-17(22)12-20-10-6-9-16(20)11-14(3)21/h5,7-8,14,16,21H,4,6,9-12H2,1-3H3,(H,19,22). The van der Waals surface area contributed by atoms with Crippen LogP contribution in [0.3, 0.4) is 0 Å². The Labute approximate surface area is 133 Å². The molecule has 1 saturated heterocycles. The Bertz CT molecular complexity index is 514. The number of rotatable bonds is 6. The van der Waals surface area contributed by atoms with Crippen molar-refractivity contribution < 1.29 is 9.90 Å². The Kier molecular flexibility index (Phi) is 5.98. The molecule has 1 amide bonds. The Hall–Kier alpha value is -1.39. The predicted octanol–water partition coefficient (Wildman–Crippen LogP) is 2.73. The quantitative estimate of drug-likeness (QED) is 0.849. The van der Waals surface area contributed by atoms with Crippen molar-refractivity contribution in [1.29, 1.82) is 0 Å². The molecule has 122 valence electrons. The van der Waals surface area contributed by atoms with Crippen LogP contribution in [0.2, 0.25) is 0 Å². The highest BCUT2D eigenvalue weighted by molar-refractivity contribution is 5.93. The summed E-state index contributed by atoms with van der Waals surface area (Å²) in [5.41, 5.74) is 3.24. The first-order valence-electron chi connectivity index (χ1n) is 8.31. The van der Waals surface area contributed by atoms with E-state index < -0.39 is 0 Å². The van der Waals surface area contributed by atoms with E-state index in [2.05, 4.69) is 23.2 Å². The molecule has 1 aliphatic heterocycles. The lowest BCUT2D eigenvalue weighted by molar-refractivity contribution is -0.117. The molecule has 4 heteroatoms. The van der Waals surface area contributed by atoms with Gasteiger partial charge in [-0.1, -0.05) is 25.1 Å². The molecule has 0 radical (unpaired) electrons. The van der Waals surface area contributed by atoms with Crippen LogP contribution < -0.4 is 5.32 Å². The molecule has 2 N–H and O–H groups in total. The number of benzene rings is 1. The van der Waals surface area contributed by atoms with E-state index in [1.807, 2.05) is 26.0 Å². The summed E-state index contributed by atoms with van der Waals surface area (Å²) in [6, 6.07) is 6.45. The van der Waals surface area contributed by atoms with Gasteiger partial charge in [0.05, 0.1) is 12.6 Å². The summed E-state index contributed by atoms with van der Waals surface area (Å²) in [4.78, 5) is 14.6. The van der Waals surface area contributed by atoms with Crippen molar-refractivity contribution in [3.8, 4) is 0 Å². The number of aliphatic hydroxyl groups is 1. The molecule has 22 heavy (non-hydrogen) atoms. The van der Waals surface area contributed by atoms with Gasteiger partial charge in [-0.25, -0.2) is 0 Å². The fourth-order valence-corrected chi connectivity index (χ4v) is 3.33. The molecular formula is C18H28N2O2. The Morgan fingerprint density at radius 2 is 2.27 bits per heavy atom. The van der Waals surface area contributed by atoms with E-state index in [1.54, 1.807) is 0 Å². The third-order valence-electron chi connectivity index (χ3n) is 4.46. The molecule has 2 atom stereocenters. The van der Waals surface area contributed by atoms with Gasteiger partial charge in [0.2, 0.25) is 5.91 Å². The molecule has 0 saturated carbocycles. The van der Waals surface area contributed by atoms with Gasteiger partial charge in [-0.15, -0.1) is 0 Å². The van der Waals surface area contributed by atoms with Crippen LogP contribution in [0.1, 0.15) is 44.2 Å². The van der Waals surface area contributed by atoms with Gasteiger partial charge in [0.1, 0.15) is 0 Å². The van der Waals surface area contributed by atoms with Crippen LogP contribution in [0, 0.1) is 6.92 Å². The molecule has 0 aliphatic carbocycles. The third kappa shape index (κ3) is 4.31. The van der Waals surface area contributed by atoms with Gasteiger partial charge in [-0.2, -0.15) is 0 Å². The minimum Gasteiger partial charge on any atom is -0.393 e. The summed E-state index contributed by atoms with van der Waals surface area (Å²) < 4.78 is 0. The zero-order valence-corrected chi connectivity index (χ0v) is 13.9. The molecule has 1 aromatic carbocycles. The Morgan fingerprint density at radius 1 is 1.50 bits per heavy atom. The average Bonchev–Trinajstić information content (AvgIpc) is 2.87. The lowest BCUT2D eigenvalue weighted by atomic mass is 10.1. The van der Waals surface area contributed by atoms with E-state index in [9.17, 15) is 9.90 Å². The van der Waals surface area contributed by atoms with E-state index in [4.69, 9.17) is 0 Å². The molecule has 4 nitrogen and oxygen atoms in total. The molecule has 1 aliphatic rings. The Morgan fingerprint density at radius 3 is 2.95 bits per heavy atom. The number of likely N-dealkylation sites (tertiary alicyclic amines) is 1. The minimum absolute atomic E-state index is 0.0430. The zero-order valence-electron chi connectivity index (χ0n) is 13.9.